The quantitative estimate of drug-likeness (QED) is 0.790. The average Bonchev–Trinajstić information content (AvgIpc) is 3.40. The standard InChI is InChI=1S/C20H21N3O/c1-13-14(2)22-19-8-5-16(10-18(13)19)20(24)23(17-6-7-17)12-15-4-3-9-21-11-15/h3-5,8-11,17,22H,6-7,12H2,1-2H3. The predicted octanol–water partition coefficient (Wildman–Crippen LogP) is 3.98. The topological polar surface area (TPSA) is 49.0 Å². The third-order valence-electron chi connectivity index (χ3n) is 4.88. The minimum atomic E-state index is 0.113. The normalized spacial score (nSPS) is 14.1. The van der Waals surface area contributed by atoms with Crippen LogP contribution in [0.3, 0.4) is 0 Å². The fraction of sp³-hybridized carbons (Fsp3) is 0.300. The number of aromatic nitrogens is 2. The van der Waals surface area contributed by atoms with E-state index in [0.29, 0.717) is 12.6 Å². The van der Waals surface area contributed by atoms with Crippen molar-refractivity contribution in [2.24, 2.45) is 0 Å². The lowest BCUT2D eigenvalue weighted by Gasteiger charge is -2.22. The molecular weight excluding hydrogens is 298 g/mol. The minimum Gasteiger partial charge on any atom is -0.358 e. The second-order valence-corrected chi connectivity index (χ2v) is 6.66. The molecule has 4 heteroatoms. The van der Waals surface area contributed by atoms with E-state index in [-0.39, 0.29) is 5.91 Å². The van der Waals surface area contributed by atoms with Crippen molar-refractivity contribution < 1.29 is 4.79 Å². The Bertz CT molecular complexity index is 894. The SMILES string of the molecule is Cc1[nH]c2ccc(C(=O)N(Cc3cccnc3)C3CC3)cc2c1C. The van der Waals surface area contributed by atoms with Crippen LogP contribution >= 0.6 is 0 Å². The van der Waals surface area contributed by atoms with Crippen LogP contribution in [-0.4, -0.2) is 26.8 Å². The van der Waals surface area contributed by atoms with Gasteiger partial charge in [0, 0.05) is 47.1 Å². The van der Waals surface area contributed by atoms with Gasteiger partial charge in [0.15, 0.2) is 0 Å². The maximum atomic E-state index is 13.1. The number of fused-ring (bicyclic) bond motifs is 1. The molecule has 4 nitrogen and oxygen atoms in total. The Labute approximate surface area is 141 Å². The third kappa shape index (κ3) is 2.68. The molecule has 0 unspecified atom stereocenters. The maximum absolute atomic E-state index is 13.1. The van der Waals surface area contributed by atoms with E-state index in [4.69, 9.17) is 0 Å². The molecule has 0 atom stereocenters. The van der Waals surface area contributed by atoms with Crippen LogP contribution < -0.4 is 0 Å². The predicted molar refractivity (Wildman–Crippen MR) is 94.9 cm³/mol. The number of hydrogen-bond donors (Lipinski definition) is 1. The molecule has 0 aliphatic heterocycles. The second-order valence-electron chi connectivity index (χ2n) is 6.66. The lowest BCUT2D eigenvalue weighted by Crippen LogP contribution is -2.32. The van der Waals surface area contributed by atoms with Crippen LogP contribution in [-0.2, 0) is 6.54 Å². The summed E-state index contributed by atoms with van der Waals surface area (Å²) in [5.41, 5.74) is 5.30. The van der Waals surface area contributed by atoms with Crippen LogP contribution in [0.5, 0.6) is 0 Å². The van der Waals surface area contributed by atoms with Crippen molar-refractivity contribution in [1.29, 1.82) is 0 Å². The molecule has 1 N–H and O–H groups in total. The first-order valence-electron chi connectivity index (χ1n) is 8.42. The van der Waals surface area contributed by atoms with Crippen LogP contribution in [0.4, 0.5) is 0 Å². The number of aryl methyl sites for hydroxylation is 2. The first-order valence-corrected chi connectivity index (χ1v) is 8.42. The van der Waals surface area contributed by atoms with Crippen molar-refractivity contribution >= 4 is 16.8 Å². The number of pyridine rings is 1. The molecule has 0 bridgehead atoms. The van der Waals surface area contributed by atoms with E-state index in [1.165, 1.54) is 5.56 Å². The summed E-state index contributed by atoms with van der Waals surface area (Å²) in [6.45, 7) is 4.78. The largest absolute Gasteiger partial charge is 0.358 e. The zero-order chi connectivity index (χ0) is 16.7. The first-order chi connectivity index (χ1) is 11.6. The molecule has 1 aliphatic carbocycles. The van der Waals surface area contributed by atoms with E-state index < -0.39 is 0 Å². The van der Waals surface area contributed by atoms with Crippen molar-refractivity contribution in [1.82, 2.24) is 14.9 Å². The van der Waals surface area contributed by atoms with E-state index in [2.05, 4.69) is 23.8 Å². The van der Waals surface area contributed by atoms with Crippen molar-refractivity contribution in [3.8, 4) is 0 Å². The lowest BCUT2D eigenvalue weighted by molar-refractivity contribution is 0.0730. The van der Waals surface area contributed by atoms with Crippen LogP contribution in [0.15, 0.2) is 42.7 Å². The number of nitrogens with one attached hydrogen (secondary N) is 1. The molecule has 0 spiro atoms. The molecule has 1 amide bonds. The number of hydrogen-bond acceptors (Lipinski definition) is 2. The average molecular weight is 319 g/mol. The number of carbonyl (C=O) groups excluding carboxylic acids is 1. The van der Waals surface area contributed by atoms with Crippen molar-refractivity contribution in [2.75, 3.05) is 0 Å². The number of amides is 1. The summed E-state index contributed by atoms with van der Waals surface area (Å²) in [7, 11) is 0. The molecule has 1 saturated carbocycles. The summed E-state index contributed by atoms with van der Waals surface area (Å²) in [5.74, 6) is 0.113. The van der Waals surface area contributed by atoms with Gasteiger partial charge in [-0.25, -0.2) is 0 Å². The molecule has 24 heavy (non-hydrogen) atoms. The van der Waals surface area contributed by atoms with Crippen LogP contribution in [0.25, 0.3) is 10.9 Å². The van der Waals surface area contributed by atoms with E-state index in [1.807, 2.05) is 41.4 Å². The Balaban J connectivity index is 1.66. The van der Waals surface area contributed by atoms with E-state index in [9.17, 15) is 4.79 Å². The van der Waals surface area contributed by atoms with Crippen molar-refractivity contribution in [3.05, 3.63) is 65.1 Å². The molecule has 1 fully saturated rings. The summed E-state index contributed by atoms with van der Waals surface area (Å²) < 4.78 is 0. The number of aromatic amines is 1. The van der Waals surface area contributed by atoms with Gasteiger partial charge < -0.3 is 9.88 Å². The highest BCUT2D eigenvalue weighted by molar-refractivity contribution is 5.99. The van der Waals surface area contributed by atoms with Crippen LogP contribution in [0.1, 0.15) is 40.0 Å². The highest BCUT2D eigenvalue weighted by Crippen LogP contribution is 2.31. The van der Waals surface area contributed by atoms with Gasteiger partial charge in [-0.2, -0.15) is 0 Å². The van der Waals surface area contributed by atoms with E-state index in [1.54, 1.807) is 6.20 Å². The summed E-state index contributed by atoms with van der Waals surface area (Å²) in [6, 6.07) is 10.3. The molecule has 0 radical (unpaired) electrons. The molecule has 3 aromatic rings. The summed E-state index contributed by atoms with van der Waals surface area (Å²) in [4.78, 5) is 22.6. The van der Waals surface area contributed by atoms with Gasteiger partial charge in [-0.1, -0.05) is 6.07 Å². The highest BCUT2D eigenvalue weighted by atomic mass is 16.2. The first kappa shape index (κ1) is 14.9. The zero-order valence-corrected chi connectivity index (χ0v) is 14.0. The molecule has 4 rings (SSSR count). The molecule has 122 valence electrons. The van der Waals surface area contributed by atoms with Crippen molar-refractivity contribution in [2.45, 2.75) is 39.3 Å². The Hall–Kier alpha value is -2.62. The van der Waals surface area contributed by atoms with Crippen LogP contribution in [0, 0.1) is 13.8 Å². The van der Waals surface area contributed by atoms with Crippen molar-refractivity contribution in [3.63, 3.8) is 0 Å². The molecule has 1 aromatic carbocycles. The summed E-state index contributed by atoms with van der Waals surface area (Å²) in [6.07, 6.45) is 5.79. The van der Waals surface area contributed by atoms with Crippen LogP contribution in [0.2, 0.25) is 0 Å². The fourth-order valence-electron chi connectivity index (χ4n) is 3.20. The summed E-state index contributed by atoms with van der Waals surface area (Å²) >= 11 is 0. The smallest absolute Gasteiger partial charge is 0.254 e. The molecule has 2 heterocycles. The van der Waals surface area contributed by atoms with Gasteiger partial charge in [0.05, 0.1) is 0 Å². The van der Waals surface area contributed by atoms with Gasteiger partial charge in [0.25, 0.3) is 5.91 Å². The second kappa shape index (κ2) is 5.78. The Morgan fingerprint density at radius 1 is 1.29 bits per heavy atom. The molecule has 2 aromatic heterocycles. The van der Waals surface area contributed by atoms with Gasteiger partial charge in [0.2, 0.25) is 0 Å². The number of H-pyrrole nitrogens is 1. The maximum Gasteiger partial charge on any atom is 0.254 e. The fourth-order valence-corrected chi connectivity index (χ4v) is 3.20. The van der Waals surface area contributed by atoms with E-state index in [0.717, 1.165) is 40.6 Å². The third-order valence-corrected chi connectivity index (χ3v) is 4.88. The molecule has 1 aliphatic rings. The number of benzene rings is 1. The van der Waals surface area contributed by atoms with E-state index >= 15 is 0 Å². The van der Waals surface area contributed by atoms with Gasteiger partial charge in [-0.15, -0.1) is 0 Å². The zero-order valence-electron chi connectivity index (χ0n) is 14.0. The molecule has 0 saturated heterocycles. The van der Waals surface area contributed by atoms with Gasteiger partial charge in [-0.3, -0.25) is 9.78 Å². The number of carbonyl (C=O) groups is 1. The minimum absolute atomic E-state index is 0.113. The number of nitrogens with zero attached hydrogens (tertiary/aromatic N) is 2. The van der Waals surface area contributed by atoms with Gasteiger partial charge >= 0.3 is 0 Å². The Kier molecular flexibility index (Phi) is 3.60. The number of rotatable bonds is 4. The monoisotopic (exact) mass is 319 g/mol. The Morgan fingerprint density at radius 2 is 2.12 bits per heavy atom. The molecular formula is C20H21N3O. The van der Waals surface area contributed by atoms with Gasteiger partial charge in [0.1, 0.15) is 0 Å². The Morgan fingerprint density at radius 3 is 2.83 bits per heavy atom. The lowest BCUT2D eigenvalue weighted by atomic mass is 10.1. The van der Waals surface area contributed by atoms with Gasteiger partial charge in [-0.05, 0) is 62.1 Å². The highest BCUT2D eigenvalue weighted by Gasteiger charge is 2.33. The summed E-state index contributed by atoms with van der Waals surface area (Å²) in [5, 5.41) is 1.13.